The average Bonchev–Trinajstić information content (AvgIpc) is 3.08. The van der Waals surface area contributed by atoms with Crippen molar-refractivity contribution in [3.8, 4) is 11.3 Å². The summed E-state index contributed by atoms with van der Waals surface area (Å²) < 4.78 is 32.0. The van der Waals surface area contributed by atoms with Gasteiger partial charge in [0.2, 0.25) is 0 Å². The molecule has 3 aromatic rings. The fourth-order valence-electron chi connectivity index (χ4n) is 2.10. The molecule has 0 unspecified atom stereocenters. The summed E-state index contributed by atoms with van der Waals surface area (Å²) in [6.07, 6.45) is 4.71. The van der Waals surface area contributed by atoms with E-state index in [-0.39, 0.29) is 6.54 Å². The first kappa shape index (κ1) is 14.9. The van der Waals surface area contributed by atoms with Crippen LogP contribution in [0.3, 0.4) is 0 Å². The number of pyridine rings is 1. The van der Waals surface area contributed by atoms with Gasteiger partial charge in [-0.3, -0.25) is 9.78 Å². The van der Waals surface area contributed by atoms with Crippen LogP contribution in [0.5, 0.6) is 0 Å². The van der Waals surface area contributed by atoms with Gasteiger partial charge in [0.25, 0.3) is 5.91 Å². The molecule has 1 aromatic carbocycles. The third-order valence-corrected chi connectivity index (χ3v) is 3.28. The van der Waals surface area contributed by atoms with Crippen LogP contribution >= 0.6 is 0 Å². The number of hydrogen-bond acceptors (Lipinski definition) is 3. The van der Waals surface area contributed by atoms with E-state index >= 15 is 0 Å². The number of carbonyl (C=O) groups is 1. The fourth-order valence-corrected chi connectivity index (χ4v) is 2.10. The molecular weight excluding hydrogens is 302 g/mol. The second-order valence-corrected chi connectivity index (χ2v) is 4.84. The maximum Gasteiger partial charge on any atom is 0.257 e. The third kappa shape index (κ3) is 3.26. The summed E-state index contributed by atoms with van der Waals surface area (Å²) in [7, 11) is 0. The van der Waals surface area contributed by atoms with Crippen molar-refractivity contribution < 1.29 is 18.0 Å². The molecule has 0 aliphatic carbocycles. The number of benzene rings is 1. The number of amides is 1. The molecular formula is C17H12F2N2O2. The zero-order valence-corrected chi connectivity index (χ0v) is 11.9. The molecule has 4 nitrogen and oxygen atoms in total. The summed E-state index contributed by atoms with van der Waals surface area (Å²) in [5, 5.41) is 2.47. The number of nitrogens with one attached hydrogen (secondary N) is 1. The van der Waals surface area contributed by atoms with Crippen molar-refractivity contribution in [1.82, 2.24) is 10.3 Å². The predicted molar refractivity (Wildman–Crippen MR) is 79.5 cm³/mol. The highest BCUT2D eigenvalue weighted by molar-refractivity contribution is 5.94. The molecule has 2 heterocycles. The molecule has 0 fully saturated rings. The molecule has 0 aliphatic heterocycles. The third-order valence-electron chi connectivity index (χ3n) is 3.28. The first-order valence-corrected chi connectivity index (χ1v) is 6.85. The van der Waals surface area contributed by atoms with Crippen molar-refractivity contribution in [2.45, 2.75) is 6.54 Å². The van der Waals surface area contributed by atoms with E-state index in [0.717, 1.165) is 23.4 Å². The van der Waals surface area contributed by atoms with Crippen molar-refractivity contribution in [2.75, 3.05) is 0 Å². The Hall–Kier alpha value is -3.02. The first-order chi connectivity index (χ1) is 11.1. The van der Waals surface area contributed by atoms with Gasteiger partial charge >= 0.3 is 0 Å². The molecule has 0 bridgehead atoms. The van der Waals surface area contributed by atoms with Gasteiger partial charge in [0.1, 0.15) is 17.2 Å². The summed E-state index contributed by atoms with van der Waals surface area (Å²) in [4.78, 5) is 16.1. The van der Waals surface area contributed by atoms with Gasteiger partial charge in [-0.2, -0.15) is 0 Å². The van der Waals surface area contributed by atoms with Crippen LogP contribution in [0.25, 0.3) is 11.3 Å². The maximum atomic E-state index is 13.5. The molecule has 0 saturated heterocycles. The molecule has 23 heavy (non-hydrogen) atoms. The standard InChI is InChI=1S/C17H12F2N2O2/c18-13-2-1-3-14(19)16(13)17(22)21-9-11-4-5-15(20-8-11)12-6-7-23-10-12/h1-8,10H,9H2,(H,21,22). The molecule has 0 radical (unpaired) electrons. The summed E-state index contributed by atoms with van der Waals surface area (Å²) in [6, 6.07) is 8.62. The molecule has 0 aliphatic rings. The minimum atomic E-state index is -0.893. The first-order valence-electron chi connectivity index (χ1n) is 6.85. The average molecular weight is 314 g/mol. The lowest BCUT2D eigenvalue weighted by atomic mass is 10.1. The molecule has 1 N–H and O–H groups in total. The van der Waals surface area contributed by atoms with Crippen LogP contribution in [0.15, 0.2) is 59.5 Å². The normalized spacial score (nSPS) is 10.5. The Morgan fingerprint density at radius 3 is 2.52 bits per heavy atom. The van der Waals surface area contributed by atoms with Crippen molar-refractivity contribution in [3.05, 3.63) is 77.9 Å². The Kier molecular flexibility index (Phi) is 4.14. The SMILES string of the molecule is O=C(NCc1ccc(-c2ccoc2)nc1)c1c(F)cccc1F. The Labute approximate surface area is 130 Å². The van der Waals surface area contributed by atoms with E-state index in [0.29, 0.717) is 5.56 Å². The highest BCUT2D eigenvalue weighted by Crippen LogP contribution is 2.17. The van der Waals surface area contributed by atoms with Crippen molar-refractivity contribution in [3.63, 3.8) is 0 Å². The largest absolute Gasteiger partial charge is 0.472 e. The summed E-state index contributed by atoms with van der Waals surface area (Å²) in [6.45, 7) is 0.116. The van der Waals surface area contributed by atoms with E-state index in [2.05, 4.69) is 10.3 Å². The smallest absolute Gasteiger partial charge is 0.257 e. The van der Waals surface area contributed by atoms with Crippen molar-refractivity contribution in [2.24, 2.45) is 0 Å². The van der Waals surface area contributed by atoms with Gasteiger partial charge in [-0.05, 0) is 29.8 Å². The Bertz CT molecular complexity index is 795. The Morgan fingerprint density at radius 1 is 1.13 bits per heavy atom. The Balaban J connectivity index is 1.67. The fraction of sp³-hybridized carbons (Fsp3) is 0.0588. The zero-order chi connectivity index (χ0) is 16.2. The number of rotatable bonds is 4. The Morgan fingerprint density at radius 2 is 1.91 bits per heavy atom. The molecule has 6 heteroatoms. The zero-order valence-electron chi connectivity index (χ0n) is 11.9. The number of carbonyl (C=O) groups excluding carboxylic acids is 1. The minimum absolute atomic E-state index is 0.116. The maximum absolute atomic E-state index is 13.5. The molecule has 0 saturated carbocycles. The van der Waals surface area contributed by atoms with Crippen LogP contribution in [0, 0.1) is 11.6 Å². The van der Waals surface area contributed by atoms with E-state index in [1.807, 2.05) is 0 Å². The molecule has 1 amide bonds. The molecule has 0 atom stereocenters. The molecule has 0 spiro atoms. The van der Waals surface area contributed by atoms with Crippen LogP contribution in [-0.2, 0) is 6.54 Å². The van der Waals surface area contributed by atoms with Gasteiger partial charge in [0, 0.05) is 18.3 Å². The van der Waals surface area contributed by atoms with Gasteiger partial charge in [-0.1, -0.05) is 12.1 Å². The highest BCUT2D eigenvalue weighted by Gasteiger charge is 2.16. The summed E-state index contributed by atoms with van der Waals surface area (Å²) >= 11 is 0. The number of furan rings is 1. The van der Waals surface area contributed by atoms with E-state index in [4.69, 9.17) is 4.42 Å². The van der Waals surface area contributed by atoms with Crippen LogP contribution < -0.4 is 5.32 Å². The number of halogens is 2. The van der Waals surface area contributed by atoms with Crippen LogP contribution in [0.1, 0.15) is 15.9 Å². The number of nitrogens with zero attached hydrogens (tertiary/aromatic N) is 1. The van der Waals surface area contributed by atoms with E-state index in [1.165, 1.54) is 6.07 Å². The monoisotopic (exact) mass is 314 g/mol. The predicted octanol–water partition coefficient (Wildman–Crippen LogP) is 3.55. The van der Waals surface area contributed by atoms with Crippen molar-refractivity contribution >= 4 is 5.91 Å². The van der Waals surface area contributed by atoms with Crippen LogP contribution in [0.4, 0.5) is 8.78 Å². The quantitative estimate of drug-likeness (QED) is 0.801. The van der Waals surface area contributed by atoms with Gasteiger partial charge in [0.15, 0.2) is 0 Å². The van der Waals surface area contributed by atoms with Gasteiger partial charge in [-0.25, -0.2) is 8.78 Å². The van der Waals surface area contributed by atoms with Crippen LogP contribution in [-0.4, -0.2) is 10.9 Å². The highest BCUT2D eigenvalue weighted by atomic mass is 19.1. The number of hydrogen-bond donors (Lipinski definition) is 1. The van der Waals surface area contributed by atoms with Gasteiger partial charge < -0.3 is 9.73 Å². The lowest BCUT2D eigenvalue weighted by Gasteiger charge is -2.07. The number of aromatic nitrogens is 1. The summed E-state index contributed by atoms with van der Waals surface area (Å²) in [5.41, 5.74) is 1.70. The van der Waals surface area contributed by atoms with E-state index < -0.39 is 23.1 Å². The molecule has 116 valence electrons. The minimum Gasteiger partial charge on any atom is -0.472 e. The topological polar surface area (TPSA) is 55.1 Å². The lowest BCUT2D eigenvalue weighted by molar-refractivity contribution is 0.0942. The van der Waals surface area contributed by atoms with E-state index in [1.54, 1.807) is 36.9 Å². The summed E-state index contributed by atoms with van der Waals surface area (Å²) in [5.74, 6) is -2.59. The van der Waals surface area contributed by atoms with E-state index in [9.17, 15) is 13.6 Å². The van der Waals surface area contributed by atoms with Gasteiger partial charge in [0.05, 0.1) is 18.2 Å². The second kappa shape index (κ2) is 6.39. The van der Waals surface area contributed by atoms with Crippen molar-refractivity contribution in [1.29, 1.82) is 0 Å². The molecule has 3 rings (SSSR count). The van der Waals surface area contributed by atoms with Crippen LogP contribution in [0.2, 0.25) is 0 Å². The van der Waals surface area contributed by atoms with Gasteiger partial charge in [-0.15, -0.1) is 0 Å². The second-order valence-electron chi connectivity index (χ2n) is 4.84. The molecule has 2 aromatic heterocycles. The lowest BCUT2D eigenvalue weighted by Crippen LogP contribution is -2.25.